The van der Waals surface area contributed by atoms with E-state index in [9.17, 15) is 18.0 Å². The van der Waals surface area contributed by atoms with Crippen molar-refractivity contribution in [1.29, 1.82) is 0 Å². The van der Waals surface area contributed by atoms with Crippen LogP contribution in [0.5, 0.6) is 0 Å². The highest BCUT2D eigenvalue weighted by Crippen LogP contribution is 2.38. The molecule has 1 fully saturated rings. The van der Waals surface area contributed by atoms with Gasteiger partial charge in [-0.15, -0.1) is 11.3 Å². The molecule has 1 aliphatic heterocycles. The van der Waals surface area contributed by atoms with Crippen molar-refractivity contribution in [3.8, 4) is 10.7 Å². The highest BCUT2D eigenvalue weighted by molar-refractivity contribution is 7.17. The topological polar surface area (TPSA) is 70.6 Å². The molecule has 1 aromatic carbocycles. The molecule has 1 N–H and O–H groups in total. The van der Waals surface area contributed by atoms with E-state index in [1.54, 1.807) is 13.0 Å². The van der Waals surface area contributed by atoms with E-state index < -0.39 is 28.7 Å². The van der Waals surface area contributed by atoms with Crippen LogP contribution in [0.25, 0.3) is 10.7 Å². The fourth-order valence-electron chi connectivity index (χ4n) is 5.13. The van der Waals surface area contributed by atoms with Crippen LogP contribution in [0.3, 0.4) is 0 Å². The van der Waals surface area contributed by atoms with Crippen LogP contribution < -0.4 is 10.2 Å². The fraction of sp³-hybridized carbons (Fsp3) is 0.500. The Bertz CT molecular complexity index is 1340. The SMILES string of the molecule is CCN(Cc1cccnc1-c1nc(C(F)(F)F)c(C(=O)N[C@@H](C)c2cccc(N3CC(C)OC(C)C3)c2)s1)C(C)C. The minimum atomic E-state index is -4.80. The largest absolute Gasteiger partial charge is 0.435 e. The zero-order chi connectivity index (χ0) is 29.9. The van der Waals surface area contributed by atoms with Crippen LogP contribution in [0.1, 0.15) is 74.1 Å². The van der Waals surface area contributed by atoms with Crippen LogP contribution in [0.4, 0.5) is 18.9 Å². The smallest absolute Gasteiger partial charge is 0.372 e. The Morgan fingerprint density at radius 3 is 2.51 bits per heavy atom. The van der Waals surface area contributed by atoms with Gasteiger partial charge < -0.3 is 15.0 Å². The van der Waals surface area contributed by atoms with E-state index in [1.165, 1.54) is 6.20 Å². The minimum Gasteiger partial charge on any atom is -0.372 e. The number of carbonyl (C=O) groups is 1. The van der Waals surface area contributed by atoms with Crippen molar-refractivity contribution in [2.45, 2.75) is 78.6 Å². The predicted molar refractivity (Wildman–Crippen MR) is 156 cm³/mol. The molecule has 7 nitrogen and oxygen atoms in total. The number of anilines is 1. The molecule has 1 amide bonds. The number of rotatable bonds is 9. The number of carbonyl (C=O) groups excluding carboxylic acids is 1. The second kappa shape index (κ2) is 12.9. The Morgan fingerprint density at radius 1 is 1.17 bits per heavy atom. The van der Waals surface area contributed by atoms with Crippen LogP contribution in [0.2, 0.25) is 0 Å². The molecule has 222 valence electrons. The zero-order valence-corrected chi connectivity index (χ0v) is 25.1. The van der Waals surface area contributed by atoms with Crippen LogP contribution in [0.15, 0.2) is 42.6 Å². The number of pyridine rings is 1. The van der Waals surface area contributed by atoms with E-state index >= 15 is 0 Å². The van der Waals surface area contributed by atoms with Gasteiger partial charge in [-0.3, -0.25) is 14.7 Å². The summed E-state index contributed by atoms with van der Waals surface area (Å²) in [5.41, 5.74) is 1.69. The van der Waals surface area contributed by atoms with E-state index in [1.807, 2.05) is 51.1 Å². The molecule has 1 saturated heterocycles. The van der Waals surface area contributed by atoms with Gasteiger partial charge in [0.1, 0.15) is 15.6 Å². The molecule has 0 bridgehead atoms. The molecular weight excluding hydrogens is 551 g/mol. The number of alkyl halides is 3. The van der Waals surface area contributed by atoms with Crippen molar-refractivity contribution in [2.24, 2.45) is 0 Å². The number of hydrogen-bond acceptors (Lipinski definition) is 7. The van der Waals surface area contributed by atoms with Crippen molar-refractivity contribution < 1.29 is 22.7 Å². The summed E-state index contributed by atoms with van der Waals surface area (Å²) in [5.74, 6) is -0.817. The van der Waals surface area contributed by atoms with Crippen LogP contribution in [-0.2, 0) is 17.5 Å². The zero-order valence-electron chi connectivity index (χ0n) is 24.3. The number of halogens is 3. The number of hydrogen-bond donors (Lipinski definition) is 1. The summed E-state index contributed by atoms with van der Waals surface area (Å²) >= 11 is 0.722. The summed E-state index contributed by atoms with van der Waals surface area (Å²) in [4.78, 5) is 25.5. The first kappa shape index (κ1) is 30.9. The number of benzene rings is 1. The maximum atomic E-state index is 14.1. The lowest BCUT2D eigenvalue weighted by molar-refractivity contribution is -0.141. The number of thiazole rings is 1. The molecule has 0 aliphatic carbocycles. The molecule has 4 rings (SSSR count). The molecular formula is C30H38F3N5O2S. The van der Waals surface area contributed by atoms with Crippen molar-refractivity contribution in [1.82, 2.24) is 20.2 Å². The van der Waals surface area contributed by atoms with Crippen LogP contribution in [-0.4, -0.2) is 58.7 Å². The molecule has 0 radical (unpaired) electrons. The summed E-state index contributed by atoms with van der Waals surface area (Å²) < 4.78 is 48.2. The molecule has 3 aromatic rings. The number of nitrogens with zero attached hydrogens (tertiary/aromatic N) is 4. The number of aromatic nitrogens is 2. The van der Waals surface area contributed by atoms with Gasteiger partial charge in [-0.2, -0.15) is 13.2 Å². The van der Waals surface area contributed by atoms with Gasteiger partial charge in [-0.1, -0.05) is 25.1 Å². The first-order valence-electron chi connectivity index (χ1n) is 13.9. The van der Waals surface area contributed by atoms with Crippen molar-refractivity contribution >= 4 is 22.9 Å². The number of morpholine rings is 1. The van der Waals surface area contributed by atoms with Gasteiger partial charge in [0.2, 0.25) is 0 Å². The number of nitrogens with one attached hydrogen (secondary N) is 1. The third-order valence-electron chi connectivity index (χ3n) is 7.21. The standard InChI is InChI=1S/C30H38F3N5O2S/c1-7-37(18(2)3)17-23-11-9-13-34-25(23)29-36-27(30(31,32)33)26(41-29)28(39)35-21(6)22-10-8-12-24(14-22)38-15-19(4)40-20(5)16-38/h8-14,18-21H,7,15-17H2,1-6H3,(H,35,39)/t19?,20?,21-/m0/s1. The average Bonchev–Trinajstić information content (AvgIpc) is 3.38. The van der Waals surface area contributed by atoms with E-state index in [2.05, 4.69) is 38.9 Å². The van der Waals surface area contributed by atoms with Gasteiger partial charge in [0.25, 0.3) is 5.91 Å². The Balaban J connectivity index is 1.60. The van der Waals surface area contributed by atoms with Gasteiger partial charge in [0.05, 0.1) is 18.2 Å². The molecule has 2 aromatic heterocycles. The van der Waals surface area contributed by atoms with E-state index in [4.69, 9.17) is 4.74 Å². The van der Waals surface area contributed by atoms with Gasteiger partial charge in [-0.05, 0) is 70.5 Å². The van der Waals surface area contributed by atoms with Gasteiger partial charge in [0.15, 0.2) is 5.69 Å². The lowest BCUT2D eigenvalue weighted by Gasteiger charge is -2.37. The van der Waals surface area contributed by atoms with Gasteiger partial charge in [0, 0.05) is 37.6 Å². The maximum absolute atomic E-state index is 14.1. The first-order valence-corrected chi connectivity index (χ1v) is 14.8. The highest BCUT2D eigenvalue weighted by Gasteiger charge is 2.40. The fourth-order valence-corrected chi connectivity index (χ4v) is 6.15. The molecule has 1 aliphatic rings. The normalized spacial score (nSPS) is 18.7. The van der Waals surface area contributed by atoms with E-state index in [0.717, 1.165) is 47.8 Å². The number of ether oxygens (including phenoxy) is 1. The lowest BCUT2D eigenvalue weighted by Crippen LogP contribution is -2.45. The first-order chi connectivity index (χ1) is 19.4. The lowest BCUT2D eigenvalue weighted by atomic mass is 10.1. The van der Waals surface area contributed by atoms with Crippen molar-refractivity contribution in [3.05, 3.63) is 64.3 Å². The Labute approximate surface area is 243 Å². The molecule has 3 atom stereocenters. The molecule has 0 saturated carbocycles. The van der Waals surface area contributed by atoms with E-state index in [0.29, 0.717) is 12.2 Å². The van der Waals surface area contributed by atoms with Gasteiger partial charge in [-0.25, -0.2) is 4.98 Å². The number of amides is 1. The molecule has 2 unspecified atom stereocenters. The van der Waals surface area contributed by atoms with Crippen molar-refractivity contribution in [3.63, 3.8) is 0 Å². The van der Waals surface area contributed by atoms with Gasteiger partial charge >= 0.3 is 6.18 Å². The Hall–Kier alpha value is -3.02. The van der Waals surface area contributed by atoms with E-state index in [-0.39, 0.29) is 23.3 Å². The minimum absolute atomic E-state index is 0.0723. The summed E-state index contributed by atoms with van der Waals surface area (Å²) in [5, 5.41) is 2.84. The quantitative estimate of drug-likeness (QED) is 0.305. The molecule has 11 heteroatoms. The van der Waals surface area contributed by atoms with Crippen molar-refractivity contribution in [2.75, 3.05) is 24.5 Å². The summed E-state index contributed by atoms with van der Waals surface area (Å²) in [6.07, 6.45) is -3.10. The monoisotopic (exact) mass is 589 g/mol. The maximum Gasteiger partial charge on any atom is 0.435 e. The molecule has 41 heavy (non-hydrogen) atoms. The second-order valence-electron chi connectivity index (χ2n) is 10.8. The third-order valence-corrected chi connectivity index (χ3v) is 8.27. The average molecular weight is 590 g/mol. The van der Waals surface area contributed by atoms with Crippen LogP contribution >= 0.6 is 11.3 Å². The van der Waals surface area contributed by atoms with Crippen LogP contribution in [0, 0.1) is 0 Å². The predicted octanol–water partition coefficient (Wildman–Crippen LogP) is 6.56. The Morgan fingerprint density at radius 2 is 1.88 bits per heavy atom. The second-order valence-corrected chi connectivity index (χ2v) is 11.8. The Kier molecular flexibility index (Phi) is 9.71. The summed E-state index contributed by atoms with van der Waals surface area (Å²) in [6.45, 7) is 14.7. The molecule has 3 heterocycles. The highest BCUT2D eigenvalue weighted by atomic mass is 32.1. The summed E-state index contributed by atoms with van der Waals surface area (Å²) in [7, 11) is 0. The molecule has 0 spiro atoms. The summed E-state index contributed by atoms with van der Waals surface area (Å²) in [6, 6.07) is 11.0. The third kappa shape index (κ3) is 7.44.